The average Bonchev–Trinajstić information content (AvgIpc) is 2.86. The molecule has 0 bridgehead atoms. The molecule has 9 nitrogen and oxygen atoms in total. The molecular formula is C25H35N3O6. The lowest BCUT2D eigenvalue weighted by Gasteiger charge is -2.38. The van der Waals surface area contributed by atoms with Crippen LogP contribution in [-0.4, -0.2) is 97.5 Å². The molecule has 0 aliphatic carbocycles. The van der Waals surface area contributed by atoms with Crippen LogP contribution in [0.5, 0.6) is 5.88 Å². The van der Waals surface area contributed by atoms with Crippen molar-refractivity contribution >= 4 is 11.8 Å². The SMILES string of the molecule is COCC#Cc1cnc2c(c1)C(=O)N([C@H](C)CO)C[C@H](C)[C@H](CN(C)C(=O)C1CCOCC1)O2. The molecular weight excluding hydrogens is 438 g/mol. The minimum atomic E-state index is -0.383. The zero-order chi connectivity index (χ0) is 24.7. The summed E-state index contributed by atoms with van der Waals surface area (Å²) in [5.74, 6) is 5.67. The summed E-state index contributed by atoms with van der Waals surface area (Å²) in [6, 6.07) is 1.28. The number of carbonyl (C=O) groups is 2. The number of fused-ring (bicyclic) bond motifs is 1. The fourth-order valence-electron chi connectivity index (χ4n) is 4.21. The Labute approximate surface area is 201 Å². The van der Waals surface area contributed by atoms with Crippen molar-refractivity contribution in [3.8, 4) is 17.7 Å². The highest BCUT2D eigenvalue weighted by molar-refractivity contribution is 5.97. The highest BCUT2D eigenvalue weighted by atomic mass is 16.5. The van der Waals surface area contributed by atoms with Gasteiger partial charge in [-0.05, 0) is 25.8 Å². The molecule has 2 aliphatic rings. The molecule has 0 radical (unpaired) electrons. The molecule has 3 heterocycles. The van der Waals surface area contributed by atoms with E-state index in [0.29, 0.717) is 37.4 Å². The van der Waals surface area contributed by atoms with Crippen LogP contribution in [0.4, 0.5) is 0 Å². The fraction of sp³-hybridized carbons (Fsp3) is 0.640. The molecule has 1 aromatic rings. The molecule has 9 heteroatoms. The van der Waals surface area contributed by atoms with Gasteiger partial charge in [-0.25, -0.2) is 4.98 Å². The first-order valence-corrected chi connectivity index (χ1v) is 11.7. The first-order chi connectivity index (χ1) is 16.3. The summed E-state index contributed by atoms with van der Waals surface area (Å²) in [5, 5.41) is 9.79. The number of hydrogen-bond acceptors (Lipinski definition) is 7. The highest BCUT2D eigenvalue weighted by Gasteiger charge is 2.35. The van der Waals surface area contributed by atoms with Crippen LogP contribution in [0.25, 0.3) is 0 Å². The summed E-state index contributed by atoms with van der Waals surface area (Å²) in [4.78, 5) is 34.2. The molecule has 186 valence electrons. The summed E-state index contributed by atoms with van der Waals surface area (Å²) in [5.41, 5.74) is 0.862. The first kappa shape index (κ1) is 25.9. The number of pyridine rings is 1. The number of methoxy groups -OCH3 is 1. The Kier molecular flexibility index (Phi) is 9.28. The van der Waals surface area contributed by atoms with Gasteiger partial charge in [-0.1, -0.05) is 18.8 Å². The molecule has 1 N–H and O–H groups in total. The Bertz CT molecular complexity index is 921. The third kappa shape index (κ3) is 6.26. The van der Waals surface area contributed by atoms with E-state index in [1.165, 1.54) is 0 Å². The summed E-state index contributed by atoms with van der Waals surface area (Å²) < 4.78 is 16.6. The fourth-order valence-corrected chi connectivity index (χ4v) is 4.21. The molecule has 1 aromatic heterocycles. The molecule has 0 aromatic carbocycles. The van der Waals surface area contributed by atoms with Crippen molar-refractivity contribution in [1.29, 1.82) is 0 Å². The van der Waals surface area contributed by atoms with Crippen molar-refractivity contribution in [2.24, 2.45) is 11.8 Å². The molecule has 2 aliphatic heterocycles. The predicted octanol–water partition coefficient (Wildman–Crippen LogP) is 1.18. The normalized spacial score (nSPS) is 21.9. The molecule has 0 unspecified atom stereocenters. The molecule has 0 saturated carbocycles. The molecule has 0 spiro atoms. The van der Waals surface area contributed by atoms with Gasteiger partial charge in [-0.3, -0.25) is 9.59 Å². The highest BCUT2D eigenvalue weighted by Crippen LogP contribution is 2.28. The molecule has 2 amide bonds. The number of ether oxygens (including phenoxy) is 3. The maximum atomic E-state index is 13.4. The van der Waals surface area contributed by atoms with E-state index in [2.05, 4.69) is 16.8 Å². The number of nitrogens with zero attached hydrogens (tertiary/aromatic N) is 3. The van der Waals surface area contributed by atoms with Crippen LogP contribution in [0.2, 0.25) is 0 Å². The molecule has 34 heavy (non-hydrogen) atoms. The number of aliphatic hydroxyl groups is 1. The second-order valence-electron chi connectivity index (χ2n) is 9.04. The topological polar surface area (TPSA) is 101 Å². The van der Waals surface area contributed by atoms with Gasteiger partial charge < -0.3 is 29.1 Å². The van der Waals surface area contributed by atoms with Crippen LogP contribution in [-0.2, 0) is 14.3 Å². The number of rotatable bonds is 6. The van der Waals surface area contributed by atoms with Crippen LogP contribution in [0, 0.1) is 23.7 Å². The maximum absolute atomic E-state index is 13.4. The zero-order valence-electron chi connectivity index (χ0n) is 20.5. The van der Waals surface area contributed by atoms with Crippen LogP contribution in [0.1, 0.15) is 42.6 Å². The minimum Gasteiger partial charge on any atom is -0.472 e. The van der Waals surface area contributed by atoms with Crippen molar-refractivity contribution < 1.29 is 28.9 Å². The maximum Gasteiger partial charge on any atom is 0.259 e. The van der Waals surface area contributed by atoms with Gasteiger partial charge >= 0.3 is 0 Å². The second kappa shape index (κ2) is 12.2. The van der Waals surface area contributed by atoms with E-state index in [4.69, 9.17) is 14.2 Å². The van der Waals surface area contributed by atoms with Crippen molar-refractivity contribution in [1.82, 2.24) is 14.8 Å². The lowest BCUT2D eigenvalue weighted by atomic mass is 9.97. The van der Waals surface area contributed by atoms with E-state index >= 15 is 0 Å². The third-order valence-corrected chi connectivity index (χ3v) is 6.37. The minimum absolute atomic E-state index is 0.0475. The van der Waals surface area contributed by atoms with Crippen molar-refractivity contribution in [2.45, 2.75) is 38.8 Å². The van der Waals surface area contributed by atoms with Gasteiger partial charge in [0.15, 0.2) is 0 Å². The monoisotopic (exact) mass is 473 g/mol. The van der Waals surface area contributed by atoms with Crippen molar-refractivity contribution in [3.63, 3.8) is 0 Å². The summed E-state index contributed by atoms with van der Waals surface area (Å²) in [7, 11) is 3.35. The largest absolute Gasteiger partial charge is 0.472 e. The Hall–Kier alpha value is -2.67. The predicted molar refractivity (Wildman–Crippen MR) is 125 cm³/mol. The number of aromatic nitrogens is 1. The second-order valence-corrected chi connectivity index (χ2v) is 9.04. The molecule has 1 saturated heterocycles. The first-order valence-electron chi connectivity index (χ1n) is 11.7. The molecule has 3 atom stereocenters. The van der Waals surface area contributed by atoms with E-state index in [-0.39, 0.29) is 54.9 Å². The van der Waals surface area contributed by atoms with E-state index in [9.17, 15) is 14.7 Å². The van der Waals surface area contributed by atoms with Gasteiger partial charge in [0.2, 0.25) is 11.8 Å². The number of hydrogen-bond donors (Lipinski definition) is 1. The van der Waals surface area contributed by atoms with E-state index in [0.717, 1.165) is 12.8 Å². The number of aliphatic hydroxyl groups excluding tert-OH is 1. The Morgan fingerprint density at radius 1 is 1.41 bits per heavy atom. The third-order valence-electron chi connectivity index (χ3n) is 6.37. The quantitative estimate of drug-likeness (QED) is 0.619. The standard InChI is InChI=1S/C25H35N3O6/c1-17-14-28(18(2)16-29)25(31)21-12-19(6-5-9-32-4)13-26-23(21)34-22(17)15-27(3)24(30)20-7-10-33-11-8-20/h12-13,17-18,20,22,29H,7-11,14-16H2,1-4H3/t17-,18+,22-/m0/s1. The summed E-state index contributed by atoms with van der Waals surface area (Å²) in [6.07, 6.45) is 2.62. The van der Waals surface area contributed by atoms with Gasteiger partial charge in [-0.15, -0.1) is 0 Å². The lowest BCUT2D eigenvalue weighted by molar-refractivity contribution is -0.138. The summed E-state index contributed by atoms with van der Waals surface area (Å²) in [6.45, 7) is 5.83. The van der Waals surface area contributed by atoms with Gasteiger partial charge in [0.05, 0.1) is 19.2 Å². The number of carbonyl (C=O) groups excluding carboxylic acids is 2. The van der Waals surface area contributed by atoms with E-state index in [1.807, 2.05) is 6.92 Å². The van der Waals surface area contributed by atoms with Crippen LogP contribution in [0.3, 0.4) is 0 Å². The van der Waals surface area contributed by atoms with E-state index < -0.39 is 0 Å². The number of likely N-dealkylation sites (N-methyl/N-ethyl adjacent to an activating group) is 1. The zero-order valence-corrected chi connectivity index (χ0v) is 20.5. The van der Waals surface area contributed by atoms with Crippen LogP contribution in [0.15, 0.2) is 12.3 Å². The molecule has 1 fully saturated rings. The smallest absolute Gasteiger partial charge is 0.259 e. The summed E-state index contributed by atoms with van der Waals surface area (Å²) >= 11 is 0. The van der Waals surface area contributed by atoms with E-state index in [1.54, 1.807) is 43.1 Å². The van der Waals surface area contributed by atoms with Gasteiger partial charge in [-0.2, -0.15) is 0 Å². The van der Waals surface area contributed by atoms with Crippen LogP contribution < -0.4 is 4.74 Å². The van der Waals surface area contributed by atoms with Gasteiger partial charge in [0.25, 0.3) is 5.91 Å². The van der Waals surface area contributed by atoms with Gasteiger partial charge in [0, 0.05) is 57.5 Å². The lowest BCUT2D eigenvalue weighted by Crippen LogP contribution is -2.51. The van der Waals surface area contributed by atoms with Crippen molar-refractivity contribution in [3.05, 3.63) is 23.4 Å². The molecule has 3 rings (SSSR count). The van der Waals surface area contributed by atoms with Crippen molar-refractivity contribution in [2.75, 3.05) is 53.7 Å². The Balaban J connectivity index is 1.88. The Morgan fingerprint density at radius 3 is 2.82 bits per heavy atom. The number of amides is 2. The van der Waals surface area contributed by atoms with Crippen LogP contribution >= 0.6 is 0 Å². The average molecular weight is 474 g/mol. The van der Waals surface area contributed by atoms with Gasteiger partial charge in [0.1, 0.15) is 18.3 Å². The Morgan fingerprint density at radius 2 is 2.15 bits per heavy atom.